The number of aromatic amines is 1. The van der Waals surface area contributed by atoms with E-state index in [1.165, 1.54) is 0 Å². The van der Waals surface area contributed by atoms with Crippen molar-refractivity contribution in [1.82, 2.24) is 4.98 Å². The maximum absolute atomic E-state index is 12.3. The first kappa shape index (κ1) is 13.4. The van der Waals surface area contributed by atoms with E-state index in [4.69, 9.17) is 0 Å². The van der Waals surface area contributed by atoms with E-state index in [1.807, 2.05) is 42.6 Å². The van der Waals surface area contributed by atoms with Crippen molar-refractivity contribution in [2.24, 2.45) is 0 Å². The number of hydrogen-bond acceptors (Lipinski definition) is 1. The number of carbonyl (C=O) groups is 1. The van der Waals surface area contributed by atoms with Crippen LogP contribution in [0.3, 0.4) is 0 Å². The molecule has 3 rings (SSSR count). The first-order valence-corrected chi connectivity index (χ1v) is 7.55. The van der Waals surface area contributed by atoms with Crippen LogP contribution in [-0.2, 0) is 0 Å². The van der Waals surface area contributed by atoms with E-state index in [1.54, 1.807) is 6.07 Å². The van der Waals surface area contributed by atoms with Crippen molar-refractivity contribution in [3.63, 3.8) is 0 Å². The first-order valence-electron chi connectivity index (χ1n) is 5.97. The molecule has 0 saturated heterocycles. The Kier molecular flexibility index (Phi) is 3.63. The fourth-order valence-corrected chi connectivity index (χ4v) is 2.79. The van der Waals surface area contributed by atoms with Crippen LogP contribution in [0.1, 0.15) is 10.4 Å². The lowest BCUT2D eigenvalue weighted by atomic mass is 10.2. The highest BCUT2D eigenvalue weighted by Crippen LogP contribution is 2.23. The summed E-state index contributed by atoms with van der Waals surface area (Å²) < 4.78 is 1.63. The van der Waals surface area contributed by atoms with E-state index in [0.717, 1.165) is 25.5 Å². The summed E-state index contributed by atoms with van der Waals surface area (Å²) in [5.74, 6) is -0.145. The molecule has 0 fully saturated rings. The fourth-order valence-electron chi connectivity index (χ4n) is 2.00. The molecule has 0 saturated carbocycles. The number of nitrogens with one attached hydrogen (secondary N) is 2. The number of carbonyl (C=O) groups excluding carboxylic acids is 1. The quantitative estimate of drug-likeness (QED) is 0.635. The highest BCUT2D eigenvalue weighted by molar-refractivity contribution is 9.11. The predicted octanol–water partition coefficient (Wildman–Crippen LogP) is 4.95. The zero-order chi connectivity index (χ0) is 14.1. The molecular weight excluding hydrogens is 384 g/mol. The van der Waals surface area contributed by atoms with Crippen LogP contribution in [0.2, 0.25) is 0 Å². The molecule has 2 aromatic carbocycles. The topological polar surface area (TPSA) is 44.9 Å². The molecule has 1 aromatic heterocycles. The molecule has 3 nitrogen and oxygen atoms in total. The minimum Gasteiger partial charge on any atom is -0.361 e. The summed E-state index contributed by atoms with van der Waals surface area (Å²) >= 11 is 6.76. The Balaban J connectivity index is 1.89. The van der Waals surface area contributed by atoms with Gasteiger partial charge in [-0.05, 0) is 58.4 Å². The van der Waals surface area contributed by atoms with E-state index < -0.39 is 0 Å². The third-order valence-corrected chi connectivity index (χ3v) is 4.17. The van der Waals surface area contributed by atoms with Gasteiger partial charge in [-0.15, -0.1) is 0 Å². The number of halogens is 2. The predicted molar refractivity (Wildman–Crippen MR) is 88.1 cm³/mol. The van der Waals surface area contributed by atoms with E-state index in [-0.39, 0.29) is 5.91 Å². The molecule has 0 aliphatic rings. The van der Waals surface area contributed by atoms with Crippen LogP contribution in [-0.4, -0.2) is 10.9 Å². The maximum atomic E-state index is 12.3. The van der Waals surface area contributed by atoms with Crippen molar-refractivity contribution >= 4 is 54.4 Å². The van der Waals surface area contributed by atoms with E-state index >= 15 is 0 Å². The molecule has 100 valence electrons. The zero-order valence-corrected chi connectivity index (χ0v) is 13.5. The highest BCUT2D eigenvalue weighted by Gasteiger charge is 2.11. The van der Waals surface area contributed by atoms with Gasteiger partial charge in [0.05, 0.1) is 5.56 Å². The van der Waals surface area contributed by atoms with Crippen LogP contribution in [0.25, 0.3) is 10.9 Å². The largest absolute Gasteiger partial charge is 0.361 e. The summed E-state index contributed by atoms with van der Waals surface area (Å²) in [6.45, 7) is 0. The normalized spacial score (nSPS) is 10.7. The lowest BCUT2D eigenvalue weighted by Gasteiger charge is -2.07. The second-order valence-corrected chi connectivity index (χ2v) is 6.13. The summed E-state index contributed by atoms with van der Waals surface area (Å²) in [4.78, 5) is 15.4. The average molecular weight is 394 g/mol. The van der Waals surface area contributed by atoms with Crippen LogP contribution in [0.15, 0.2) is 57.6 Å². The first-order chi connectivity index (χ1) is 9.63. The Morgan fingerprint density at radius 1 is 1.05 bits per heavy atom. The average Bonchev–Trinajstić information content (AvgIpc) is 2.89. The van der Waals surface area contributed by atoms with Crippen molar-refractivity contribution in [3.05, 3.63) is 63.2 Å². The SMILES string of the molecule is O=C(Nc1ccc2[nH]ccc2c1)c1cc(Br)ccc1Br. The lowest BCUT2D eigenvalue weighted by molar-refractivity contribution is 0.102. The molecular formula is C15H10Br2N2O. The van der Waals surface area contributed by atoms with Gasteiger partial charge in [0.2, 0.25) is 0 Å². The van der Waals surface area contributed by atoms with Crippen molar-refractivity contribution < 1.29 is 4.79 Å². The summed E-state index contributed by atoms with van der Waals surface area (Å²) in [6.07, 6.45) is 1.88. The van der Waals surface area contributed by atoms with Crippen molar-refractivity contribution in [2.45, 2.75) is 0 Å². The summed E-state index contributed by atoms with van der Waals surface area (Å²) in [7, 11) is 0. The molecule has 0 aliphatic carbocycles. The molecule has 1 heterocycles. The highest BCUT2D eigenvalue weighted by atomic mass is 79.9. The van der Waals surface area contributed by atoms with Crippen molar-refractivity contribution in [2.75, 3.05) is 5.32 Å². The Hall–Kier alpha value is -1.59. The number of benzene rings is 2. The van der Waals surface area contributed by atoms with Crippen LogP contribution in [0.4, 0.5) is 5.69 Å². The van der Waals surface area contributed by atoms with E-state index in [0.29, 0.717) is 5.56 Å². The summed E-state index contributed by atoms with van der Waals surface area (Å²) in [6, 6.07) is 13.2. The molecule has 3 aromatic rings. The van der Waals surface area contributed by atoms with Gasteiger partial charge in [-0.3, -0.25) is 4.79 Å². The Morgan fingerprint density at radius 2 is 1.90 bits per heavy atom. The molecule has 1 amide bonds. The number of amides is 1. The molecule has 20 heavy (non-hydrogen) atoms. The van der Waals surface area contributed by atoms with Gasteiger partial charge in [-0.25, -0.2) is 0 Å². The van der Waals surface area contributed by atoms with Gasteiger partial charge >= 0.3 is 0 Å². The third kappa shape index (κ3) is 2.64. The van der Waals surface area contributed by atoms with Gasteiger partial charge in [0.25, 0.3) is 5.91 Å². The lowest BCUT2D eigenvalue weighted by Crippen LogP contribution is -2.12. The Morgan fingerprint density at radius 3 is 2.75 bits per heavy atom. The number of aromatic nitrogens is 1. The number of fused-ring (bicyclic) bond motifs is 1. The zero-order valence-electron chi connectivity index (χ0n) is 10.3. The number of anilines is 1. The van der Waals surface area contributed by atoms with Gasteiger partial charge < -0.3 is 10.3 Å². The standard InChI is InChI=1S/C15H10Br2N2O/c16-10-1-3-13(17)12(8-10)15(20)19-11-2-4-14-9(7-11)5-6-18-14/h1-8,18H,(H,19,20). The van der Waals surface area contributed by atoms with Crippen LogP contribution < -0.4 is 5.32 Å². The number of hydrogen-bond donors (Lipinski definition) is 2. The maximum Gasteiger partial charge on any atom is 0.256 e. The van der Waals surface area contributed by atoms with Crippen molar-refractivity contribution in [1.29, 1.82) is 0 Å². The third-order valence-electron chi connectivity index (χ3n) is 2.98. The van der Waals surface area contributed by atoms with E-state index in [9.17, 15) is 4.79 Å². The fraction of sp³-hybridized carbons (Fsp3) is 0. The van der Waals surface area contributed by atoms with Gasteiger partial charge in [0.15, 0.2) is 0 Å². The summed E-state index contributed by atoms with van der Waals surface area (Å²) in [5.41, 5.74) is 2.41. The Labute approximate surface area is 132 Å². The van der Waals surface area contributed by atoms with Crippen LogP contribution in [0.5, 0.6) is 0 Å². The molecule has 0 unspecified atom stereocenters. The molecule has 0 bridgehead atoms. The van der Waals surface area contributed by atoms with Crippen LogP contribution >= 0.6 is 31.9 Å². The van der Waals surface area contributed by atoms with Crippen LogP contribution in [0, 0.1) is 0 Å². The minimum absolute atomic E-state index is 0.145. The minimum atomic E-state index is -0.145. The molecule has 2 N–H and O–H groups in total. The van der Waals surface area contributed by atoms with Gasteiger partial charge in [0.1, 0.15) is 0 Å². The van der Waals surface area contributed by atoms with Gasteiger partial charge in [0, 0.05) is 31.7 Å². The molecule has 0 aliphatic heterocycles. The monoisotopic (exact) mass is 392 g/mol. The molecule has 0 spiro atoms. The Bertz CT molecular complexity index is 795. The molecule has 5 heteroatoms. The number of rotatable bonds is 2. The summed E-state index contributed by atoms with van der Waals surface area (Å²) in [5, 5.41) is 3.97. The van der Waals surface area contributed by atoms with Crippen molar-refractivity contribution in [3.8, 4) is 0 Å². The molecule has 0 atom stereocenters. The number of H-pyrrole nitrogens is 1. The second-order valence-electron chi connectivity index (χ2n) is 4.36. The smallest absolute Gasteiger partial charge is 0.256 e. The second kappa shape index (κ2) is 5.42. The molecule has 0 radical (unpaired) electrons. The van der Waals surface area contributed by atoms with E-state index in [2.05, 4.69) is 42.2 Å². The van der Waals surface area contributed by atoms with Gasteiger partial charge in [-0.2, -0.15) is 0 Å². The van der Waals surface area contributed by atoms with Gasteiger partial charge in [-0.1, -0.05) is 15.9 Å².